The number of nitrogens with one attached hydrogen (secondary N) is 1. The van der Waals surface area contributed by atoms with Crippen molar-refractivity contribution in [3.63, 3.8) is 0 Å². The molecule has 126 valence electrons. The van der Waals surface area contributed by atoms with Crippen LogP contribution in [0.4, 0.5) is 5.95 Å². The van der Waals surface area contributed by atoms with Gasteiger partial charge >= 0.3 is 0 Å². The fourth-order valence-corrected chi connectivity index (χ4v) is 2.51. The number of aromatic nitrogens is 2. The Balaban J connectivity index is 1.67. The molecule has 7 heteroatoms. The zero-order valence-electron chi connectivity index (χ0n) is 13.6. The minimum Gasteiger partial charge on any atom is -0.496 e. The van der Waals surface area contributed by atoms with Crippen molar-refractivity contribution < 1.29 is 14.3 Å². The molecule has 0 spiro atoms. The van der Waals surface area contributed by atoms with E-state index in [1.165, 1.54) is 0 Å². The molecule has 2 heterocycles. The number of carbonyl (C=O) groups excluding carboxylic acids is 1. The summed E-state index contributed by atoms with van der Waals surface area (Å²) in [7, 11) is 1.64. The standard InChI is InChI=1S/C17H20N4O3/c1-23-15-5-3-2-4-13(15)12-19-17-18-7-6-14(20-17)16(22)21-8-10-24-11-9-21/h2-7H,8-12H2,1H3,(H,18,19,20). The van der Waals surface area contributed by atoms with Crippen LogP contribution >= 0.6 is 0 Å². The Morgan fingerprint density at radius 1 is 1.29 bits per heavy atom. The molecule has 0 bridgehead atoms. The van der Waals surface area contributed by atoms with Gasteiger partial charge in [-0.2, -0.15) is 0 Å². The molecule has 1 amide bonds. The van der Waals surface area contributed by atoms with Gasteiger partial charge in [-0.25, -0.2) is 9.97 Å². The van der Waals surface area contributed by atoms with Crippen molar-refractivity contribution in [3.05, 3.63) is 47.8 Å². The molecule has 0 radical (unpaired) electrons. The van der Waals surface area contributed by atoms with Gasteiger partial charge in [0.25, 0.3) is 5.91 Å². The van der Waals surface area contributed by atoms with E-state index in [0.717, 1.165) is 11.3 Å². The lowest BCUT2D eigenvalue weighted by molar-refractivity contribution is 0.0299. The highest BCUT2D eigenvalue weighted by atomic mass is 16.5. The summed E-state index contributed by atoms with van der Waals surface area (Å²) < 4.78 is 10.6. The summed E-state index contributed by atoms with van der Waals surface area (Å²) in [4.78, 5) is 22.7. The Labute approximate surface area is 140 Å². The van der Waals surface area contributed by atoms with Crippen LogP contribution in [0.5, 0.6) is 5.75 Å². The first kappa shape index (κ1) is 16.2. The van der Waals surface area contributed by atoms with E-state index in [4.69, 9.17) is 9.47 Å². The van der Waals surface area contributed by atoms with E-state index in [1.54, 1.807) is 24.3 Å². The number of amides is 1. The maximum absolute atomic E-state index is 12.5. The molecule has 24 heavy (non-hydrogen) atoms. The smallest absolute Gasteiger partial charge is 0.272 e. The number of hydrogen-bond acceptors (Lipinski definition) is 6. The van der Waals surface area contributed by atoms with E-state index in [2.05, 4.69) is 15.3 Å². The zero-order chi connectivity index (χ0) is 16.8. The molecule has 7 nitrogen and oxygen atoms in total. The number of carbonyl (C=O) groups is 1. The number of hydrogen-bond donors (Lipinski definition) is 1. The molecule has 3 rings (SSSR count). The van der Waals surface area contributed by atoms with Crippen LogP contribution in [0.15, 0.2) is 36.5 Å². The number of para-hydroxylation sites is 1. The lowest BCUT2D eigenvalue weighted by Crippen LogP contribution is -2.41. The van der Waals surface area contributed by atoms with Gasteiger partial charge in [-0.1, -0.05) is 18.2 Å². The Kier molecular flexibility index (Phi) is 5.22. The van der Waals surface area contributed by atoms with Crippen molar-refractivity contribution >= 4 is 11.9 Å². The molecular formula is C17H20N4O3. The molecule has 1 aliphatic rings. The maximum Gasteiger partial charge on any atom is 0.272 e. The number of methoxy groups -OCH3 is 1. The molecule has 1 N–H and O–H groups in total. The van der Waals surface area contributed by atoms with Crippen molar-refractivity contribution in [1.82, 2.24) is 14.9 Å². The van der Waals surface area contributed by atoms with Crippen molar-refractivity contribution in [2.24, 2.45) is 0 Å². The molecule has 1 aromatic carbocycles. The predicted octanol–water partition coefficient (Wildman–Crippen LogP) is 1.57. The summed E-state index contributed by atoms with van der Waals surface area (Å²) in [5.41, 5.74) is 1.38. The van der Waals surface area contributed by atoms with E-state index >= 15 is 0 Å². The minimum atomic E-state index is -0.0963. The van der Waals surface area contributed by atoms with Crippen LogP contribution in [0, 0.1) is 0 Å². The van der Waals surface area contributed by atoms with Gasteiger partial charge in [-0.05, 0) is 12.1 Å². The van der Waals surface area contributed by atoms with E-state index in [9.17, 15) is 4.79 Å². The Morgan fingerprint density at radius 3 is 2.88 bits per heavy atom. The molecule has 2 aromatic rings. The molecule has 0 unspecified atom stereocenters. The molecule has 1 aliphatic heterocycles. The number of nitrogens with zero attached hydrogens (tertiary/aromatic N) is 3. The van der Waals surface area contributed by atoms with Gasteiger partial charge in [0.05, 0.1) is 20.3 Å². The molecule has 0 atom stereocenters. The molecule has 1 aromatic heterocycles. The highest BCUT2D eigenvalue weighted by molar-refractivity contribution is 5.92. The van der Waals surface area contributed by atoms with Crippen LogP contribution in [0.25, 0.3) is 0 Å². The Bertz CT molecular complexity index is 702. The van der Waals surface area contributed by atoms with E-state index < -0.39 is 0 Å². The molecule has 1 fully saturated rings. The summed E-state index contributed by atoms with van der Waals surface area (Å²) in [5.74, 6) is 1.12. The average Bonchev–Trinajstić information content (AvgIpc) is 2.67. The van der Waals surface area contributed by atoms with Crippen LogP contribution < -0.4 is 10.1 Å². The summed E-state index contributed by atoms with van der Waals surface area (Å²) in [5, 5.41) is 3.14. The third kappa shape index (κ3) is 3.80. The number of anilines is 1. The summed E-state index contributed by atoms with van der Waals surface area (Å²) >= 11 is 0. The van der Waals surface area contributed by atoms with Crippen LogP contribution in [0.1, 0.15) is 16.1 Å². The summed E-state index contributed by atoms with van der Waals surface area (Å²) in [6.07, 6.45) is 1.59. The lowest BCUT2D eigenvalue weighted by atomic mass is 10.2. The third-order valence-electron chi connectivity index (χ3n) is 3.80. The van der Waals surface area contributed by atoms with Gasteiger partial charge in [0.15, 0.2) is 0 Å². The van der Waals surface area contributed by atoms with E-state index in [0.29, 0.717) is 44.5 Å². The fourth-order valence-electron chi connectivity index (χ4n) is 2.51. The van der Waals surface area contributed by atoms with E-state index in [-0.39, 0.29) is 5.91 Å². The van der Waals surface area contributed by atoms with Gasteiger partial charge in [0, 0.05) is 31.4 Å². The first-order valence-electron chi connectivity index (χ1n) is 7.84. The number of benzene rings is 1. The van der Waals surface area contributed by atoms with E-state index in [1.807, 2.05) is 24.3 Å². The van der Waals surface area contributed by atoms with Crippen molar-refractivity contribution in [3.8, 4) is 5.75 Å². The fraction of sp³-hybridized carbons (Fsp3) is 0.353. The predicted molar refractivity (Wildman–Crippen MR) is 89.1 cm³/mol. The molecule has 0 aliphatic carbocycles. The monoisotopic (exact) mass is 328 g/mol. The van der Waals surface area contributed by atoms with Crippen molar-refractivity contribution in [1.29, 1.82) is 0 Å². The topological polar surface area (TPSA) is 76.6 Å². The normalized spacial score (nSPS) is 14.3. The van der Waals surface area contributed by atoms with Gasteiger partial charge in [-0.15, -0.1) is 0 Å². The Hall–Kier alpha value is -2.67. The maximum atomic E-state index is 12.5. The Morgan fingerprint density at radius 2 is 2.08 bits per heavy atom. The summed E-state index contributed by atoms with van der Waals surface area (Å²) in [6, 6.07) is 9.36. The zero-order valence-corrected chi connectivity index (χ0v) is 13.6. The second-order valence-electron chi connectivity index (χ2n) is 5.34. The third-order valence-corrected chi connectivity index (χ3v) is 3.80. The average molecular weight is 328 g/mol. The van der Waals surface area contributed by atoms with Crippen molar-refractivity contribution in [2.75, 3.05) is 38.7 Å². The summed E-state index contributed by atoms with van der Waals surface area (Å²) in [6.45, 7) is 2.82. The van der Waals surface area contributed by atoms with Crippen LogP contribution in [0.2, 0.25) is 0 Å². The van der Waals surface area contributed by atoms with Crippen LogP contribution in [-0.2, 0) is 11.3 Å². The van der Waals surface area contributed by atoms with Crippen molar-refractivity contribution in [2.45, 2.75) is 6.54 Å². The first-order chi connectivity index (χ1) is 11.8. The second kappa shape index (κ2) is 7.74. The highest BCUT2D eigenvalue weighted by Crippen LogP contribution is 2.18. The molecule has 0 saturated carbocycles. The largest absolute Gasteiger partial charge is 0.496 e. The van der Waals surface area contributed by atoms with Gasteiger partial charge in [0.1, 0.15) is 11.4 Å². The minimum absolute atomic E-state index is 0.0963. The number of ether oxygens (including phenoxy) is 2. The number of morpholine rings is 1. The molecule has 1 saturated heterocycles. The van der Waals surface area contributed by atoms with Gasteiger partial charge in [0.2, 0.25) is 5.95 Å². The quantitative estimate of drug-likeness (QED) is 0.898. The number of rotatable bonds is 5. The first-order valence-corrected chi connectivity index (χ1v) is 7.84. The second-order valence-corrected chi connectivity index (χ2v) is 5.34. The molecular weight excluding hydrogens is 308 g/mol. The van der Waals surface area contributed by atoms with Gasteiger partial charge < -0.3 is 19.7 Å². The van der Waals surface area contributed by atoms with Crippen LogP contribution in [0.3, 0.4) is 0 Å². The SMILES string of the molecule is COc1ccccc1CNc1nccc(C(=O)N2CCOCC2)n1. The van der Waals surface area contributed by atoms with Gasteiger partial charge in [-0.3, -0.25) is 4.79 Å². The highest BCUT2D eigenvalue weighted by Gasteiger charge is 2.20. The van der Waals surface area contributed by atoms with Crippen LogP contribution in [-0.4, -0.2) is 54.2 Å². The lowest BCUT2D eigenvalue weighted by Gasteiger charge is -2.26.